The molecule has 0 unspecified atom stereocenters. The van der Waals surface area contributed by atoms with Gasteiger partial charge in [-0.2, -0.15) is 5.10 Å². The summed E-state index contributed by atoms with van der Waals surface area (Å²) in [4.78, 5) is 16.6. The minimum atomic E-state index is -0.126. The number of hydrogen-bond donors (Lipinski definition) is 2. The van der Waals surface area contributed by atoms with Crippen LogP contribution in [0.25, 0.3) is 16.7 Å². The third-order valence-electron chi connectivity index (χ3n) is 5.50. The van der Waals surface area contributed by atoms with Crippen LogP contribution < -0.4 is 5.32 Å². The second kappa shape index (κ2) is 6.56. The molecule has 1 atom stereocenters. The van der Waals surface area contributed by atoms with E-state index in [4.69, 9.17) is 11.6 Å². The number of amides is 1. The van der Waals surface area contributed by atoms with Gasteiger partial charge in [-0.15, -0.1) is 0 Å². The Hall–Kier alpha value is -2.99. The summed E-state index contributed by atoms with van der Waals surface area (Å²) in [5.41, 5.74) is 3.82. The molecule has 2 N–H and O–H groups in total. The number of carbonyl (C=O) groups excluding carboxylic acids is 1. The summed E-state index contributed by atoms with van der Waals surface area (Å²) < 4.78 is 3.61. The summed E-state index contributed by atoms with van der Waals surface area (Å²) >= 11 is 6.37. The zero-order chi connectivity index (χ0) is 19.3. The maximum absolute atomic E-state index is 13.1. The Morgan fingerprint density at radius 1 is 1.29 bits per heavy atom. The molecule has 5 rings (SSSR count). The summed E-state index contributed by atoms with van der Waals surface area (Å²) in [6.07, 6.45) is 8.34. The van der Waals surface area contributed by atoms with E-state index in [1.165, 1.54) is 5.56 Å². The van der Waals surface area contributed by atoms with Crippen molar-refractivity contribution in [1.82, 2.24) is 24.6 Å². The molecule has 0 radical (unpaired) electrons. The monoisotopic (exact) mass is 393 g/mol. The topological polar surface area (TPSA) is 67.6 Å². The van der Waals surface area contributed by atoms with Crippen LogP contribution in [0.15, 0.2) is 48.9 Å². The minimum Gasteiger partial charge on any atom is -0.355 e. The molecule has 0 fully saturated rings. The van der Waals surface area contributed by atoms with Gasteiger partial charge in [0, 0.05) is 30.5 Å². The van der Waals surface area contributed by atoms with Gasteiger partial charge in [-0.05, 0) is 43.0 Å². The van der Waals surface area contributed by atoms with Gasteiger partial charge in [0.1, 0.15) is 11.4 Å². The molecule has 6 nitrogen and oxygen atoms in total. The van der Waals surface area contributed by atoms with E-state index in [0.29, 0.717) is 10.6 Å². The number of carbonyl (C=O) groups is 1. The van der Waals surface area contributed by atoms with Crippen molar-refractivity contribution in [3.8, 4) is 5.82 Å². The molecule has 7 heteroatoms. The molecule has 142 valence electrons. The zero-order valence-electron chi connectivity index (χ0n) is 15.4. The van der Waals surface area contributed by atoms with Crippen LogP contribution in [-0.4, -0.2) is 25.2 Å². The van der Waals surface area contributed by atoms with Gasteiger partial charge in [0.15, 0.2) is 0 Å². The highest BCUT2D eigenvalue weighted by molar-refractivity contribution is 6.35. The smallest absolute Gasteiger partial charge is 0.257 e. The molecule has 1 aromatic carbocycles. The number of halogens is 1. The molecule has 28 heavy (non-hydrogen) atoms. The molecular formula is C21H20ClN5O. The average molecular weight is 394 g/mol. The first-order valence-corrected chi connectivity index (χ1v) is 9.76. The maximum atomic E-state index is 13.1. The molecule has 1 aliphatic rings. The molecular weight excluding hydrogens is 374 g/mol. The Morgan fingerprint density at radius 3 is 2.93 bits per heavy atom. The molecule has 3 heterocycles. The van der Waals surface area contributed by atoms with E-state index in [1.54, 1.807) is 10.9 Å². The number of aromatic nitrogens is 4. The Morgan fingerprint density at radius 2 is 2.11 bits per heavy atom. The molecule has 4 aromatic rings. The third-order valence-corrected chi connectivity index (χ3v) is 5.81. The number of aromatic amines is 1. The summed E-state index contributed by atoms with van der Waals surface area (Å²) in [5, 5.41) is 9.35. The van der Waals surface area contributed by atoms with Crippen LogP contribution in [-0.2, 0) is 13.5 Å². The number of benzene rings is 1. The van der Waals surface area contributed by atoms with Crippen molar-refractivity contribution in [2.75, 3.05) is 0 Å². The Balaban J connectivity index is 1.50. The number of para-hydroxylation sites is 1. The Labute approximate surface area is 167 Å². The zero-order valence-corrected chi connectivity index (χ0v) is 16.2. The average Bonchev–Trinajstić information content (AvgIpc) is 3.40. The minimum absolute atomic E-state index is 0.0718. The van der Waals surface area contributed by atoms with Crippen molar-refractivity contribution in [1.29, 1.82) is 0 Å². The summed E-state index contributed by atoms with van der Waals surface area (Å²) in [6, 6.07) is 9.73. The highest BCUT2D eigenvalue weighted by atomic mass is 35.5. The van der Waals surface area contributed by atoms with Crippen LogP contribution in [0.5, 0.6) is 0 Å². The van der Waals surface area contributed by atoms with Crippen LogP contribution in [0.2, 0.25) is 5.02 Å². The van der Waals surface area contributed by atoms with Gasteiger partial charge in [-0.25, -0.2) is 0 Å². The molecule has 1 aliphatic carbocycles. The Kier molecular flexibility index (Phi) is 4.02. The standard InChI is InChI=1S/C21H20ClN5O/c1-26-21(27-10-2-3-11-27)15(12-23-26)20(28)24-17-9-5-7-14-13-6-4-8-16(22)18(13)25-19(14)17/h2-4,6,8,10-12,17,25H,5,7,9H2,1H3,(H,24,28)/t17-/m1/s1. The van der Waals surface area contributed by atoms with Gasteiger partial charge in [0.2, 0.25) is 0 Å². The van der Waals surface area contributed by atoms with E-state index in [2.05, 4.69) is 21.5 Å². The lowest BCUT2D eigenvalue weighted by Crippen LogP contribution is -2.31. The van der Waals surface area contributed by atoms with Gasteiger partial charge in [-0.1, -0.05) is 23.7 Å². The molecule has 1 amide bonds. The predicted octanol–water partition coefficient (Wildman–Crippen LogP) is 4.15. The highest BCUT2D eigenvalue weighted by Crippen LogP contribution is 2.37. The lowest BCUT2D eigenvalue weighted by atomic mass is 9.91. The second-order valence-corrected chi connectivity index (χ2v) is 7.60. The molecule has 0 aliphatic heterocycles. The van der Waals surface area contributed by atoms with Gasteiger partial charge in [-0.3, -0.25) is 9.48 Å². The molecule has 0 saturated carbocycles. The van der Waals surface area contributed by atoms with Gasteiger partial charge in [0.25, 0.3) is 5.91 Å². The fourth-order valence-corrected chi connectivity index (χ4v) is 4.43. The van der Waals surface area contributed by atoms with Crippen molar-refractivity contribution in [2.45, 2.75) is 25.3 Å². The summed E-state index contributed by atoms with van der Waals surface area (Å²) in [5.74, 6) is 0.623. The van der Waals surface area contributed by atoms with Crippen molar-refractivity contribution in [2.24, 2.45) is 7.05 Å². The fourth-order valence-electron chi connectivity index (χ4n) is 4.21. The van der Waals surface area contributed by atoms with E-state index in [9.17, 15) is 4.79 Å². The summed E-state index contributed by atoms with van der Waals surface area (Å²) in [6.45, 7) is 0. The van der Waals surface area contributed by atoms with Crippen LogP contribution in [0.1, 0.15) is 40.5 Å². The molecule has 0 saturated heterocycles. The molecule has 0 bridgehead atoms. The van der Waals surface area contributed by atoms with E-state index in [0.717, 1.165) is 41.7 Å². The molecule has 0 spiro atoms. The third kappa shape index (κ3) is 2.64. The van der Waals surface area contributed by atoms with Crippen LogP contribution in [0.3, 0.4) is 0 Å². The predicted molar refractivity (Wildman–Crippen MR) is 109 cm³/mol. The van der Waals surface area contributed by atoms with Gasteiger partial charge in [0.05, 0.1) is 22.8 Å². The highest BCUT2D eigenvalue weighted by Gasteiger charge is 2.28. The number of fused-ring (bicyclic) bond motifs is 3. The number of nitrogens with zero attached hydrogens (tertiary/aromatic N) is 3. The maximum Gasteiger partial charge on any atom is 0.257 e. The van der Waals surface area contributed by atoms with Gasteiger partial charge < -0.3 is 14.9 Å². The first-order valence-electron chi connectivity index (χ1n) is 9.38. The number of hydrogen-bond acceptors (Lipinski definition) is 2. The van der Waals surface area contributed by atoms with Crippen molar-refractivity contribution in [3.63, 3.8) is 0 Å². The van der Waals surface area contributed by atoms with Gasteiger partial charge >= 0.3 is 0 Å². The second-order valence-electron chi connectivity index (χ2n) is 7.19. The number of nitrogens with one attached hydrogen (secondary N) is 2. The SMILES string of the molecule is Cn1ncc(C(=O)N[C@@H]2CCCc3c2[nH]c2c(Cl)cccc32)c1-n1cccc1. The van der Waals surface area contributed by atoms with Crippen molar-refractivity contribution in [3.05, 3.63) is 70.8 Å². The van der Waals surface area contributed by atoms with E-state index in [-0.39, 0.29) is 11.9 Å². The van der Waals surface area contributed by atoms with E-state index in [1.807, 2.05) is 48.3 Å². The quantitative estimate of drug-likeness (QED) is 0.549. The van der Waals surface area contributed by atoms with E-state index >= 15 is 0 Å². The fraction of sp³-hybridized carbons (Fsp3) is 0.238. The lowest BCUT2D eigenvalue weighted by Gasteiger charge is -2.24. The number of H-pyrrole nitrogens is 1. The largest absolute Gasteiger partial charge is 0.355 e. The number of aryl methyl sites for hydroxylation is 2. The van der Waals surface area contributed by atoms with Crippen LogP contribution in [0.4, 0.5) is 0 Å². The Bertz CT molecular complexity index is 1170. The van der Waals surface area contributed by atoms with Crippen molar-refractivity contribution >= 4 is 28.4 Å². The first-order chi connectivity index (χ1) is 13.6. The number of rotatable bonds is 3. The van der Waals surface area contributed by atoms with Crippen molar-refractivity contribution < 1.29 is 4.79 Å². The lowest BCUT2D eigenvalue weighted by molar-refractivity contribution is 0.0932. The van der Waals surface area contributed by atoms with Crippen LogP contribution in [0, 0.1) is 0 Å². The summed E-state index contributed by atoms with van der Waals surface area (Å²) in [7, 11) is 1.84. The molecule has 3 aromatic heterocycles. The first kappa shape index (κ1) is 17.1. The van der Waals surface area contributed by atoms with Crippen LogP contribution >= 0.6 is 11.6 Å². The van der Waals surface area contributed by atoms with E-state index < -0.39 is 0 Å². The normalized spacial score (nSPS) is 16.3.